The molecule has 0 saturated carbocycles. The van der Waals surface area contributed by atoms with E-state index in [0.717, 1.165) is 0 Å². The molecule has 88 valence electrons. The summed E-state index contributed by atoms with van der Waals surface area (Å²) >= 11 is 0. The van der Waals surface area contributed by atoms with E-state index < -0.39 is 5.97 Å². The summed E-state index contributed by atoms with van der Waals surface area (Å²) in [5.74, 6) is -0.303. The first-order valence-corrected chi connectivity index (χ1v) is 4.95. The lowest BCUT2D eigenvalue weighted by Crippen LogP contribution is -2.09. The summed E-state index contributed by atoms with van der Waals surface area (Å²) in [6.07, 6.45) is 0. The molecule has 1 rings (SSSR count). The van der Waals surface area contributed by atoms with E-state index in [4.69, 9.17) is 10.00 Å². The Morgan fingerprint density at radius 1 is 1.59 bits per heavy atom. The minimum absolute atomic E-state index is 0.188. The largest absolute Gasteiger partial charge is 0.492 e. The van der Waals surface area contributed by atoms with Gasteiger partial charge in [0.2, 0.25) is 0 Å². The molecule has 0 saturated heterocycles. The van der Waals surface area contributed by atoms with Crippen LogP contribution in [0.5, 0.6) is 0 Å². The fraction of sp³-hybridized carbons (Fsp3) is 0.250. The number of hydrogen-bond acceptors (Lipinski definition) is 5. The van der Waals surface area contributed by atoms with Gasteiger partial charge in [-0.15, -0.1) is 0 Å². The Bertz CT molecular complexity index is 489. The van der Waals surface area contributed by atoms with Crippen LogP contribution in [0.1, 0.15) is 28.7 Å². The Labute approximate surface area is 99.3 Å². The van der Waals surface area contributed by atoms with Crippen LogP contribution in [0.4, 0.5) is 0 Å². The maximum atomic E-state index is 11.5. The van der Waals surface area contributed by atoms with Gasteiger partial charge in [0.05, 0.1) is 19.3 Å². The molecule has 0 aliphatic heterocycles. The normalized spacial score (nSPS) is 9.24. The third-order valence-electron chi connectivity index (χ3n) is 2.00. The van der Waals surface area contributed by atoms with Gasteiger partial charge in [-0.25, -0.2) is 9.78 Å². The first-order chi connectivity index (χ1) is 8.13. The summed E-state index contributed by atoms with van der Waals surface area (Å²) in [6, 6.07) is 4.80. The van der Waals surface area contributed by atoms with Crippen molar-refractivity contribution < 1.29 is 14.3 Å². The quantitative estimate of drug-likeness (QED) is 0.584. The van der Waals surface area contributed by atoms with E-state index >= 15 is 0 Å². The van der Waals surface area contributed by atoms with Crippen molar-refractivity contribution in [1.82, 2.24) is 4.98 Å². The third-order valence-corrected chi connectivity index (χ3v) is 2.00. The van der Waals surface area contributed by atoms with Gasteiger partial charge in [-0.3, -0.25) is 0 Å². The fourth-order valence-corrected chi connectivity index (χ4v) is 1.25. The van der Waals surface area contributed by atoms with E-state index in [1.807, 2.05) is 6.07 Å². The second-order valence-electron chi connectivity index (χ2n) is 3.05. The highest BCUT2D eigenvalue weighted by molar-refractivity contribution is 5.93. The van der Waals surface area contributed by atoms with Crippen LogP contribution in [0.15, 0.2) is 18.7 Å². The summed E-state index contributed by atoms with van der Waals surface area (Å²) in [5.41, 5.74) is 0.649. The molecule has 0 bridgehead atoms. The summed E-state index contributed by atoms with van der Waals surface area (Å²) in [7, 11) is 1.27. The highest BCUT2D eigenvalue weighted by atomic mass is 16.5. The number of pyridine rings is 1. The van der Waals surface area contributed by atoms with Crippen molar-refractivity contribution in [2.45, 2.75) is 6.92 Å². The molecule has 5 nitrogen and oxygen atoms in total. The Balaban J connectivity index is 3.26. The fourth-order valence-electron chi connectivity index (χ4n) is 1.25. The predicted octanol–water partition coefficient (Wildman–Crippen LogP) is 1.75. The van der Waals surface area contributed by atoms with E-state index in [-0.39, 0.29) is 22.7 Å². The van der Waals surface area contributed by atoms with E-state index in [1.54, 1.807) is 6.92 Å². The molecule has 0 aliphatic carbocycles. The van der Waals surface area contributed by atoms with Gasteiger partial charge in [-0.1, -0.05) is 6.58 Å². The van der Waals surface area contributed by atoms with E-state index in [2.05, 4.69) is 16.3 Å². The maximum Gasteiger partial charge on any atom is 0.340 e. The van der Waals surface area contributed by atoms with Crippen molar-refractivity contribution >= 4 is 11.7 Å². The number of carbonyl (C=O) groups excluding carboxylic acids is 1. The van der Waals surface area contributed by atoms with Gasteiger partial charge in [-0.05, 0) is 19.1 Å². The molecule has 17 heavy (non-hydrogen) atoms. The molecule has 0 spiro atoms. The molecule has 0 atom stereocenters. The average Bonchev–Trinajstić information content (AvgIpc) is 2.37. The average molecular weight is 232 g/mol. The van der Waals surface area contributed by atoms with Gasteiger partial charge in [0.25, 0.3) is 0 Å². The van der Waals surface area contributed by atoms with Crippen LogP contribution in [0, 0.1) is 11.3 Å². The van der Waals surface area contributed by atoms with Crippen LogP contribution in [0.3, 0.4) is 0 Å². The van der Waals surface area contributed by atoms with E-state index in [9.17, 15) is 4.79 Å². The Morgan fingerprint density at radius 3 is 2.82 bits per heavy atom. The maximum absolute atomic E-state index is 11.5. The third kappa shape index (κ3) is 2.82. The Kier molecular flexibility index (Phi) is 4.23. The number of rotatable bonds is 4. The summed E-state index contributed by atoms with van der Waals surface area (Å²) in [4.78, 5) is 15.5. The smallest absolute Gasteiger partial charge is 0.340 e. The van der Waals surface area contributed by atoms with Crippen LogP contribution in [-0.2, 0) is 9.47 Å². The summed E-state index contributed by atoms with van der Waals surface area (Å²) in [5, 5.41) is 8.76. The van der Waals surface area contributed by atoms with Crippen molar-refractivity contribution in [3.8, 4) is 6.07 Å². The molecule has 0 amide bonds. The lowest BCUT2D eigenvalue weighted by Gasteiger charge is -2.10. The number of esters is 1. The Morgan fingerprint density at radius 2 is 2.29 bits per heavy atom. The lowest BCUT2D eigenvalue weighted by molar-refractivity contribution is 0.0599. The van der Waals surface area contributed by atoms with Gasteiger partial charge in [-0.2, -0.15) is 5.26 Å². The highest BCUT2D eigenvalue weighted by Gasteiger charge is 2.17. The van der Waals surface area contributed by atoms with Crippen molar-refractivity contribution in [2.24, 2.45) is 0 Å². The molecule has 0 unspecified atom stereocenters. The standard InChI is InChI=1S/C12H12N2O3/c1-4-17-8(2)11-10(12(15)16-3)6-5-9(7-13)14-11/h5-6H,2,4H2,1,3H3. The molecule has 1 heterocycles. The first-order valence-electron chi connectivity index (χ1n) is 4.95. The molecule has 0 N–H and O–H groups in total. The van der Waals surface area contributed by atoms with Crippen LogP contribution < -0.4 is 0 Å². The molecule has 0 radical (unpaired) electrons. The zero-order valence-corrected chi connectivity index (χ0v) is 9.69. The minimum atomic E-state index is -0.544. The zero-order valence-electron chi connectivity index (χ0n) is 9.69. The number of aromatic nitrogens is 1. The molecule has 0 aromatic carbocycles. The highest BCUT2D eigenvalue weighted by Crippen LogP contribution is 2.18. The number of ether oxygens (including phenoxy) is 2. The Hall–Kier alpha value is -2.35. The monoisotopic (exact) mass is 232 g/mol. The van der Waals surface area contributed by atoms with Gasteiger partial charge < -0.3 is 9.47 Å². The first kappa shape index (κ1) is 12.7. The number of methoxy groups -OCH3 is 1. The van der Waals surface area contributed by atoms with Gasteiger partial charge in [0, 0.05) is 0 Å². The van der Waals surface area contributed by atoms with E-state index in [1.165, 1.54) is 19.2 Å². The van der Waals surface area contributed by atoms with E-state index in [0.29, 0.717) is 6.61 Å². The second kappa shape index (κ2) is 5.66. The van der Waals surface area contributed by atoms with Crippen LogP contribution in [-0.4, -0.2) is 24.7 Å². The van der Waals surface area contributed by atoms with Crippen molar-refractivity contribution in [2.75, 3.05) is 13.7 Å². The van der Waals surface area contributed by atoms with Crippen molar-refractivity contribution in [3.05, 3.63) is 35.7 Å². The number of nitriles is 1. The molecular weight excluding hydrogens is 220 g/mol. The topological polar surface area (TPSA) is 72.2 Å². The number of nitrogens with zero attached hydrogens (tertiary/aromatic N) is 2. The summed E-state index contributed by atoms with van der Waals surface area (Å²) in [6.45, 7) is 5.86. The van der Waals surface area contributed by atoms with Gasteiger partial charge in [0.15, 0.2) is 0 Å². The molecular formula is C12H12N2O3. The zero-order chi connectivity index (χ0) is 12.8. The van der Waals surface area contributed by atoms with Crippen molar-refractivity contribution in [1.29, 1.82) is 5.26 Å². The second-order valence-corrected chi connectivity index (χ2v) is 3.05. The summed E-state index contributed by atoms with van der Waals surface area (Å²) < 4.78 is 9.81. The van der Waals surface area contributed by atoms with Crippen LogP contribution in [0.2, 0.25) is 0 Å². The van der Waals surface area contributed by atoms with Gasteiger partial charge in [0.1, 0.15) is 23.2 Å². The number of hydrogen-bond donors (Lipinski definition) is 0. The predicted molar refractivity (Wildman–Crippen MR) is 61.0 cm³/mol. The number of carbonyl (C=O) groups is 1. The molecule has 1 aromatic heterocycles. The molecule has 0 aliphatic rings. The van der Waals surface area contributed by atoms with Crippen LogP contribution in [0.25, 0.3) is 5.76 Å². The molecule has 5 heteroatoms. The lowest BCUT2D eigenvalue weighted by atomic mass is 10.1. The molecule has 0 fully saturated rings. The van der Waals surface area contributed by atoms with Gasteiger partial charge >= 0.3 is 5.97 Å². The SMILES string of the molecule is C=C(OCC)c1nc(C#N)ccc1C(=O)OC. The minimum Gasteiger partial charge on any atom is -0.492 e. The van der Waals surface area contributed by atoms with Crippen molar-refractivity contribution in [3.63, 3.8) is 0 Å². The van der Waals surface area contributed by atoms with Crippen LogP contribution >= 0.6 is 0 Å². The molecule has 1 aromatic rings.